The summed E-state index contributed by atoms with van der Waals surface area (Å²) in [6.45, 7) is 14.9. The van der Waals surface area contributed by atoms with E-state index in [0.29, 0.717) is 76.2 Å². The van der Waals surface area contributed by atoms with Gasteiger partial charge in [0.2, 0.25) is 5.91 Å². The molecule has 2 aliphatic rings. The first-order valence-corrected chi connectivity index (χ1v) is 15.5. The van der Waals surface area contributed by atoms with Gasteiger partial charge in [0.1, 0.15) is 17.2 Å². The van der Waals surface area contributed by atoms with Crippen molar-refractivity contribution in [2.24, 2.45) is 11.8 Å². The molecule has 0 saturated carbocycles. The molecule has 2 N–H and O–H groups in total. The molecule has 0 bridgehead atoms. The fraction of sp³-hybridized carbons (Fsp3) is 0.656. The number of anilines is 1. The van der Waals surface area contributed by atoms with Crippen LogP contribution >= 0.6 is 0 Å². The molecule has 2 saturated heterocycles. The van der Waals surface area contributed by atoms with Crippen molar-refractivity contribution in [1.82, 2.24) is 30.1 Å². The van der Waals surface area contributed by atoms with Gasteiger partial charge in [0, 0.05) is 76.5 Å². The lowest BCUT2D eigenvalue weighted by molar-refractivity contribution is -0.145. The molecule has 2 fully saturated rings. The molecule has 4 heterocycles. The van der Waals surface area contributed by atoms with E-state index in [1.54, 1.807) is 25.7 Å². The molecular weight excluding hydrogens is 546 g/mol. The van der Waals surface area contributed by atoms with Crippen molar-refractivity contribution >= 4 is 17.6 Å². The molecule has 0 spiro atoms. The number of nitrogens with zero attached hydrogens (tertiary/aromatic N) is 5. The molecule has 2 aromatic rings. The van der Waals surface area contributed by atoms with E-state index in [1.807, 2.05) is 21.9 Å². The molecular formula is C32H49N7O4. The second-order valence-electron chi connectivity index (χ2n) is 13.0. The quantitative estimate of drug-likeness (QED) is 0.377. The molecule has 1 unspecified atom stereocenters. The average molecular weight is 596 g/mol. The van der Waals surface area contributed by atoms with E-state index in [9.17, 15) is 9.59 Å². The SMILES string of the molecule is COCCCNc1nc(C(C)(C)C)ncc1C(=O)N(CC(C)C)[C@@H]1CNC[C@H](C(=O)N2CCOCC2c2cccnc2)C1. The molecule has 43 heavy (non-hydrogen) atoms. The lowest BCUT2D eigenvalue weighted by Gasteiger charge is -2.42. The third-order valence-electron chi connectivity index (χ3n) is 7.93. The van der Waals surface area contributed by atoms with Crippen LogP contribution in [0.3, 0.4) is 0 Å². The highest BCUT2D eigenvalue weighted by Gasteiger charge is 2.39. The van der Waals surface area contributed by atoms with E-state index in [0.717, 1.165) is 12.0 Å². The molecule has 3 atom stereocenters. The number of piperidine rings is 1. The number of ether oxygens (including phenoxy) is 2. The van der Waals surface area contributed by atoms with Gasteiger partial charge in [0.05, 0.1) is 25.2 Å². The van der Waals surface area contributed by atoms with Crippen LogP contribution in [-0.2, 0) is 19.7 Å². The highest BCUT2D eigenvalue weighted by Crippen LogP contribution is 2.29. The van der Waals surface area contributed by atoms with E-state index in [4.69, 9.17) is 14.5 Å². The number of hydrogen-bond acceptors (Lipinski definition) is 9. The summed E-state index contributed by atoms with van der Waals surface area (Å²) >= 11 is 0. The first-order chi connectivity index (χ1) is 20.6. The molecule has 11 heteroatoms. The number of carbonyl (C=O) groups is 2. The van der Waals surface area contributed by atoms with Crippen molar-refractivity contribution in [3.05, 3.63) is 47.7 Å². The van der Waals surface area contributed by atoms with Crippen LogP contribution in [0.25, 0.3) is 0 Å². The van der Waals surface area contributed by atoms with Crippen molar-refractivity contribution in [3.63, 3.8) is 0 Å². The summed E-state index contributed by atoms with van der Waals surface area (Å²) < 4.78 is 11.0. The van der Waals surface area contributed by atoms with Gasteiger partial charge in [0.25, 0.3) is 5.91 Å². The number of hydrogen-bond donors (Lipinski definition) is 2. The lowest BCUT2D eigenvalue weighted by atomic mass is 9.91. The maximum Gasteiger partial charge on any atom is 0.259 e. The molecule has 0 radical (unpaired) electrons. The lowest BCUT2D eigenvalue weighted by Crippen LogP contribution is -2.56. The van der Waals surface area contributed by atoms with Gasteiger partial charge in [-0.05, 0) is 30.4 Å². The Morgan fingerprint density at radius 1 is 1.26 bits per heavy atom. The Morgan fingerprint density at radius 3 is 2.77 bits per heavy atom. The molecule has 2 aromatic heterocycles. The summed E-state index contributed by atoms with van der Waals surface area (Å²) in [5.74, 6) is 1.16. The maximum absolute atomic E-state index is 14.3. The van der Waals surface area contributed by atoms with Gasteiger partial charge in [-0.1, -0.05) is 40.7 Å². The normalized spacial score (nSPS) is 21.1. The predicted molar refractivity (Wildman–Crippen MR) is 166 cm³/mol. The summed E-state index contributed by atoms with van der Waals surface area (Å²) in [5.41, 5.74) is 1.15. The van der Waals surface area contributed by atoms with Gasteiger partial charge in [0.15, 0.2) is 0 Å². The predicted octanol–water partition coefficient (Wildman–Crippen LogP) is 3.29. The van der Waals surface area contributed by atoms with Crippen LogP contribution in [0.4, 0.5) is 5.82 Å². The summed E-state index contributed by atoms with van der Waals surface area (Å²) in [6, 6.07) is 3.55. The van der Waals surface area contributed by atoms with E-state index < -0.39 is 0 Å². The van der Waals surface area contributed by atoms with Crippen molar-refractivity contribution in [1.29, 1.82) is 0 Å². The van der Waals surface area contributed by atoms with Crippen LogP contribution in [0.15, 0.2) is 30.7 Å². The topological polar surface area (TPSA) is 122 Å². The monoisotopic (exact) mass is 595 g/mol. The van der Waals surface area contributed by atoms with Crippen LogP contribution in [0.1, 0.15) is 75.2 Å². The fourth-order valence-corrected chi connectivity index (χ4v) is 5.70. The number of aromatic nitrogens is 3. The highest BCUT2D eigenvalue weighted by molar-refractivity contribution is 5.98. The Balaban J connectivity index is 1.57. The largest absolute Gasteiger partial charge is 0.385 e. The van der Waals surface area contributed by atoms with Crippen molar-refractivity contribution in [2.75, 3.05) is 65.0 Å². The number of nitrogens with one attached hydrogen (secondary N) is 2. The standard InChI is InChI=1S/C32H49N7O4/c1-22(2)20-39(30(41)26-19-36-31(32(3,4)5)37-28(26)35-11-8-13-42-6)25-15-24(17-34-18-25)29(40)38-12-14-43-21-27(38)23-9-7-10-33-16-23/h7,9-10,16,19,22,24-25,27,34H,8,11-15,17-18,20-21H2,1-6H3,(H,35,36,37)/t24-,25+,27?/m1/s1. The van der Waals surface area contributed by atoms with E-state index in [-0.39, 0.29) is 41.1 Å². The van der Waals surface area contributed by atoms with Crippen molar-refractivity contribution < 1.29 is 19.1 Å². The van der Waals surface area contributed by atoms with E-state index in [1.165, 1.54) is 0 Å². The zero-order valence-corrected chi connectivity index (χ0v) is 26.6. The van der Waals surface area contributed by atoms with Gasteiger partial charge < -0.3 is 29.9 Å². The van der Waals surface area contributed by atoms with Gasteiger partial charge >= 0.3 is 0 Å². The number of pyridine rings is 1. The number of carbonyl (C=O) groups excluding carboxylic acids is 2. The molecule has 2 amide bonds. The van der Waals surface area contributed by atoms with Crippen LogP contribution in [-0.4, -0.2) is 102 Å². The third kappa shape index (κ3) is 8.49. The average Bonchev–Trinajstić information content (AvgIpc) is 3.01. The van der Waals surface area contributed by atoms with E-state index >= 15 is 0 Å². The highest BCUT2D eigenvalue weighted by atomic mass is 16.5. The molecule has 4 rings (SSSR count). The minimum atomic E-state index is -0.268. The maximum atomic E-state index is 14.3. The van der Waals surface area contributed by atoms with Gasteiger partial charge in [-0.25, -0.2) is 9.97 Å². The molecule has 0 aromatic carbocycles. The first-order valence-electron chi connectivity index (χ1n) is 15.5. The number of methoxy groups -OCH3 is 1. The molecule has 11 nitrogen and oxygen atoms in total. The summed E-state index contributed by atoms with van der Waals surface area (Å²) in [5, 5.41) is 6.84. The third-order valence-corrected chi connectivity index (χ3v) is 7.93. The zero-order chi connectivity index (χ0) is 31.0. The fourth-order valence-electron chi connectivity index (χ4n) is 5.70. The summed E-state index contributed by atoms with van der Waals surface area (Å²) in [4.78, 5) is 45.8. The Hall–Kier alpha value is -3.15. The molecule has 236 valence electrons. The second kappa shape index (κ2) is 15.0. The van der Waals surface area contributed by atoms with Crippen LogP contribution < -0.4 is 10.6 Å². The minimum Gasteiger partial charge on any atom is -0.385 e. The Morgan fingerprint density at radius 2 is 2.07 bits per heavy atom. The second-order valence-corrected chi connectivity index (χ2v) is 13.0. The van der Waals surface area contributed by atoms with Gasteiger partial charge in [-0.2, -0.15) is 0 Å². The number of rotatable bonds is 11. The smallest absolute Gasteiger partial charge is 0.259 e. The number of amides is 2. The van der Waals surface area contributed by atoms with Crippen molar-refractivity contribution in [3.8, 4) is 0 Å². The summed E-state index contributed by atoms with van der Waals surface area (Å²) in [6.07, 6.45) is 6.56. The summed E-state index contributed by atoms with van der Waals surface area (Å²) in [7, 11) is 1.68. The van der Waals surface area contributed by atoms with Crippen LogP contribution in [0, 0.1) is 11.8 Å². The van der Waals surface area contributed by atoms with Gasteiger partial charge in [-0.15, -0.1) is 0 Å². The number of morpholine rings is 1. The Labute approximate surface area is 256 Å². The minimum absolute atomic E-state index is 0.0876. The molecule has 2 aliphatic heterocycles. The van der Waals surface area contributed by atoms with Crippen molar-refractivity contribution in [2.45, 2.75) is 65.0 Å². The Kier molecular flexibility index (Phi) is 11.5. The first kappa shape index (κ1) is 32.8. The zero-order valence-electron chi connectivity index (χ0n) is 26.6. The van der Waals surface area contributed by atoms with Gasteiger partial charge in [-0.3, -0.25) is 14.6 Å². The van der Waals surface area contributed by atoms with Crippen LogP contribution in [0.2, 0.25) is 0 Å². The Bertz CT molecular complexity index is 1200. The van der Waals surface area contributed by atoms with E-state index in [2.05, 4.69) is 55.2 Å². The molecule has 0 aliphatic carbocycles. The van der Waals surface area contributed by atoms with Crippen LogP contribution in [0.5, 0.6) is 0 Å².